The molecule has 0 saturated heterocycles. The molecule has 98 valence electrons. The predicted octanol–water partition coefficient (Wildman–Crippen LogP) is 5.46. The second kappa shape index (κ2) is 5.77. The maximum absolute atomic E-state index is 10.6. The summed E-state index contributed by atoms with van der Waals surface area (Å²) in [6, 6.07) is 9.06. The molecule has 2 aromatic carbocycles. The summed E-state index contributed by atoms with van der Waals surface area (Å²) in [7, 11) is 0. The van der Waals surface area contributed by atoms with E-state index in [0.29, 0.717) is 26.0 Å². The Morgan fingerprint density at radius 1 is 1.11 bits per heavy atom. The van der Waals surface area contributed by atoms with Crippen molar-refractivity contribution in [3.8, 4) is 11.5 Å². The van der Waals surface area contributed by atoms with Crippen LogP contribution in [0.1, 0.15) is 0 Å². The van der Waals surface area contributed by atoms with Crippen molar-refractivity contribution in [1.82, 2.24) is 0 Å². The van der Waals surface area contributed by atoms with E-state index in [9.17, 15) is 10.1 Å². The smallest absolute Gasteiger partial charge is 0.270 e. The molecular weight excluding hydrogens is 357 g/mol. The van der Waals surface area contributed by atoms with E-state index in [4.69, 9.17) is 27.9 Å². The maximum atomic E-state index is 10.6. The van der Waals surface area contributed by atoms with E-state index in [1.807, 2.05) is 0 Å². The molecule has 0 fully saturated rings. The van der Waals surface area contributed by atoms with Gasteiger partial charge in [0.05, 0.1) is 19.4 Å². The van der Waals surface area contributed by atoms with Gasteiger partial charge in [0.2, 0.25) is 0 Å². The van der Waals surface area contributed by atoms with Gasteiger partial charge in [-0.1, -0.05) is 23.2 Å². The fourth-order valence-electron chi connectivity index (χ4n) is 1.35. The van der Waals surface area contributed by atoms with E-state index < -0.39 is 4.92 Å². The third-order valence-electron chi connectivity index (χ3n) is 2.25. The summed E-state index contributed by atoms with van der Waals surface area (Å²) in [5.74, 6) is 0.938. The molecule has 19 heavy (non-hydrogen) atoms. The zero-order chi connectivity index (χ0) is 14.0. The largest absolute Gasteiger partial charge is 0.456 e. The third-order valence-corrected chi connectivity index (χ3v) is 3.60. The molecule has 0 bridgehead atoms. The molecule has 0 aromatic heterocycles. The van der Waals surface area contributed by atoms with Crippen LogP contribution in [0.25, 0.3) is 0 Å². The quantitative estimate of drug-likeness (QED) is 0.538. The minimum atomic E-state index is -0.478. The molecule has 0 spiro atoms. The second-order valence-corrected chi connectivity index (χ2v) is 5.22. The van der Waals surface area contributed by atoms with Gasteiger partial charge in [0, 0.05) is 18.2 Å². The van der Waals surface area contributed by atoms with Crippen LogP contribution in [0.5, 0.6) is 11.5 Å². The van der Waals surface area contributed by atoms with Crippen molar-refractivity contribution in [3.63, 3.8) is 0 Å². The fourth-order valence-corrected chi connectivity index (χ4v) is 2.09. The molecule has 0 aliphatic rings. The van der Waals surface area contributed by atoms with Crippen LogP contribution in [-0.4, -0.2) is 4.92 Å². The zero-order valence-corrected chi connectivity index (χ0v) is 12.4. The summed E-state index contributed by atoms with van der Waals surface area (Å²) in [5, 5.41) is 11.4. The van der Waals surface area contributed by atoms with Gasteiger partial charge in [-0.25, -0.2) is 0 Å². The summed E-state index contributed by atoms with van der Waals surface area (Å²) in [4.78, 5) is 10.1. The van der Waals surface area contributed by atoms with E-state index in [0.717, 1.165) is 0 Å². The van der Waals surface area contributed by atoms with Crippen LogP contribution >= 0.6 is 39.1 Å². The van der Waals surface area contributed by atoms with E-state index in [1.165, 1.54) is 18.2 Å². The molecule has 0 amide bonds. The highest BCUT2D eigenvalue weighted by molar-refractivity contribution is 9.10. The van der Waals surface area contributed by atoms with Crippen molar-refractivity contribution >= 4 is 44.8 Å². The number of hydrogen-bond donors (Lipinski definition) is 0. The van der Waals surface area contributed by atoms with Gasteiger partial charge in [0.15, 0.2) is 0 Å². The Morgan fingerprint density at radius 3 is 2.42 bits per heavy atom. The molecule has 0 atom stereocenters. The van der Waals surface area contributed by atoms with Crippen LogP contribution in [0.4, 0.5) is 5.69 Å². The molecule has 0 aliphatic carbocycles. The van der Waals surface area contributed by atoms with Crippen LogP contribution in [0.3, 0.4) is 0 Å². The molecule has 7 heteroatoms. The Morgan fingerprint density at radius 2 is 1.84 bits per heavy atom. The van der Waals surface area contributed by atoms with Gasteiger partial charge in [-0.3, -0.25) is 10.1 Å². The standard InChI is InChI=1S/C12H6BrCl2NO3/c13-9-5-7(16(17)18)1-4-12(9)19-8-2-3-10(14)11(15)6-8/h1-6H. The number of nitro groups is 1. The van der Waals surface area contributed by atoms with Gasteiger partial charge in [0.25, 0.3) is 5.69 Å². The average molecular weight is 363 g/mol. The van der Waals surface area contributed by atoms with Gasteiger partial charge < -0.3 is 4.74 Å². The molecule has 0 heterocycles. The molecule has 2 aromatic rings. The number of nitro benzene ring substituents is 1. The summed E-state index contributed by atoms with van der Waals surface area (Å²) >= 11 is 14.9. The lowest BCUT2D eigenvalue weighted by Gasteiger charge is -2.08. The Labute approximate surface area is 127 Å². The first-order valence-electron chi connectivity index (χ1n) is 5.04. The average Bonchev–Trinajstić information content (AvgIpc) is 2.36. The van der Waals surface area contributed by atoms with Crippen LogP contribution in [0, 0.1) is 10.1 Å². The van der Waals surface area contributed by atoms with Gasteiger partial charge in [-0.05, 0) is 34.1 Å². The lowest BCUT2D eigenvalue weighted by atomic mass is 10.3. The first-order chi connectivity index (χ1) is 8.97. The van der Waals surface area contributed by atoms with Gasteiger partial charge in [-0.15, -0.1) is 0 Å². The monoisotopic (exact) mass is 361 g/mol. The number of ether oxygens (including phenoxy) is 1. The molecule has 0 aliphatic heterocycles. The number of hydrogen-bond acceptors (Lipinski definition) is 3. The highest BCUT2D eigenvalue weighted by Gasteiger charge is 2.11. The van der Waals surface area contributed by atoms with E-state index >= 15 is 0 Å². The number of halogens is 3. The predicted molar refractivity (Wildman–Crippen MR) is 77.3 cm³/mol. The topological polar surface area (TPSA) is 52.4 Å². The molecule has 0 saturated carbocycles. The summed E-state index contributed by atoms with van der Waals surface area (Å²) in [6.45, 7) is 0. The number of rotatable bonds is 3. The fraction of sp³-hybridized carbons (Fsp3) is 0. The third kappa shape index (κ3) is 3.37. The lowest BCUT2D eigenvalue weighted by Crippen LogP contribution is -1.90. The summed E-state index contributed by atoms with van der Waals surface area (Å²) in [6.07, 6.45) is 0. The van der Waals surface area contributed by atoms with Crippen LogP contribution in [0.2, 0.25) is 10.0 Å². The van der Waals surface area contributed by atoms with E-state index in [2.05, 4.69) is 15.9 Å². The summed E-state index contributed by atoms with van der Waals surface area (Å²) < 4.78 is 6.05. The first-order valence-corrected chi connectivity index (χ1v) is 6.59. The van der Waals surface area contributed by atoms with Crippen LogP contribution < -0.4 is 4.74 Å². The van der Waals surface area contributed by atoms with Crippen molar-refractivity contribution in [1.29, 1.82) is 0 Å². The molecule has 2 rings (SSSR count). The molecular formula is C12H6BrCl2NO3. The molecule has 0 N–H and O–H groups in total. The maximum Gasteiger partial charge on any atom is 0.270 e. The van der Waals surface area contributed by atoms with Crippen molar-refractivity contribution in [3.05, 3.63) is 61.0 Å². The zero-order valence-electron chi connectivity index (χ0n) is 9.27. The van der Waals surface area contributed by atoms with Gasteiger partial charge >= 0.3 is 0 Å². The van der Waals surface area contributed by atoms with Crippen molar-refractivity contribution in [2.24, 2.45) is 0 Å². The molecule has 0 radical (unpaired) electrons. The minimum Gasteiger partial charge on any atom is -0.456 e. The van der Waals surface area contributed by atoms with E-state index in [1.54, 1.807) is 18.2 Å². The SMILES string of the molecule is O=[N+]([O-])c1ccc(Oc2ccc(Cl)c(Cl)c2)c(Br)c1. The Balaban J connectivity index is 2.28. The lowest BCUT2D eigenvalue weighted by molar-refractivity contribution is -0.384. The van der Waals surface area contributed by atoms with Crippen molar-refractivity contribution < 1.29 is 9.66 Å². The molecule has 0 unspecified atom stereocenters. The van der Waals surface area contributed by atoms with Crippen LogP contribution in [-0.2, 0) is 0 Å². The normalized spacial score (nSPS) is 10.3. The number of benzene rings is 2. The Bertz CT molecular complexity index is 649. The number of nitrogens with zero attached hydrogens (tertiary/aromatic N) is 1. The Kier molecular flexibility index (Phi) is 4.29. The van der Waals surface area contributed by atoms with E-state index in [-0.39, 0.29) is 5.69 Å². The van der Waals surface area contributed by atoms with Crippen LogP contribution in [0.15, 0.2) is 40.9 Å². The van der Waals surface area contributed by atoms with Gasteiger partial charge in [0.1, 0.15) is 11.5 Å². The first kappa shape index (κ1) is 14.1. The van der Waals surface area contributed by atoms with Crippen molar-refractivity contribution in [2.45, 2.75) is 0 Å². The van der Waals surface area contributed by atoms with Crippen molar-refractivity contribution in [2.75, 3.05) is 0 Å². The number of non-ortho nitro benzene ring substituents is 1. The highest BCUT2D eigenvalue weighted by Crippen LogP contribution is 2.34. The Hall–Kier alpha value is -1.30. The second-order valence-electron chi connectivity index (χ2n) is 3.55. The van der Waals surface area contributed by atoms with Gasteiger partial charge in [-0.2, -0.15) is 0 Å². The highest BCUT2D eigenvalue weighted by atomic mass is 79.9. The molecule has 4 nitrogen and oxygen atoms in total. The minimum absolute atomic E-state index is 0.0200. The summed E-state index contributed by atoms with van der Waals surface area (Å²) in [5.41, 5.74) is -0.0200.